The summed E-state index contributed by atoms with van der Waals surface area (Å²) in [4.78, 5) is 17.1. The zero-order valence-corrected chi connectivity index (χ0v) is 19.0. The zero-order valence-electron chi connectivity index (χ0n) is 17.4. The molecule has 1 aromatic heterocycles. The first-order valence-corrected chi connectivity index (χ1v) is 13.4. The number of benzene rings is 1. The lowest BCUT2D eigenvalue weighted by Crippen LogP contribution is -2.47. The molecular weight excluding hydrogens is 435 g/mol. The number of hydrogen-bond acceptors (Lipinski definition) is 4. The van der Waals surface area contributed by atoms with Crippen LogP contribution in [0.3, 0.4) is 0 Å². The van der Waals surface area contributed by atoms with Gasteiger partial charge in [0.2, 0.25) is 15.9 Å². The van der Waals surface area contributed by atoms with Gasteiger partial charge in [-0.1, -0.05) is 12.8 Å². The molecule has 1 saturated carbocycles. The van der Waals surface area contributed by atoms with Crippen LogP contribution < -0.4 is 0 Å². The van der Waals surface area contributed by atoms with Crippen LogP contribution in [0.2, 0.25) is 0 Å². The van der Waals surface area contributed by atoms with E-state index in [2.05, 4.69) is 16.3 Å². The monoisotopic (exact) mass is 462 g/mol. The number of thiophene rings is 1. The Labute approximate surface area is 186 Å². The molecule has 1 saturated heterocycles. The van der Waals surface area contributed by atoms with Crippen molar-refractivity contribution < 1.29 is 17.6 Å². The molecule has 1 aromatic carbocycles. The van der Waals surface area contributed by atoms with Gasteiger partial charge in [-0.2, -0.15) is 4.31 Å². The first-order valence-electron chi connectivity index (χ1n) is 11.1. The van der Waals surface area contributed by atoms with Crippen molar-refractivity contribution in [2.75, 3.05) is 19.6 Å². The second kappa shape index (κ2) is 8.30. The molecule has 1 aliphatic carbocycles. The van der Waals surface area contributed by atoms with E-state index < -0.39 is 15.8 Å². The summed E-state index contributed by atoms with van der Waals surface area (Å²) in [5, 5.41) is 2.14. The maximum Gasteiger partial charge on any atom is 0.243 e. The van der Waals surface area contributed by atoms with E-state index in [1.54, 1.807) is 11.3 Å². The minimum atomic E-state index is -3.66. The summed E-state index contributed by atoms with van der Waals surface area (Å²) in [5.74, 6) is 0.316. The van der Waals surface area contributed by atoms with Crippen LogP contribution in [0, 0.1) is 17.7 Å². The van der Waals surface area contributed by atoms with Crippen molar-refractivity contribution in [3.8, 4) is 0 Å². The molecule has 0 N–H and O–H groups in total. The molecule has 166 valence electrons. The van der Waals surface area contributed by atoms with Crippen LogP contribution in [0.5, 0.6) is 0 Å². The summed E-state index contributed by atoms with van der Waals surface area (Å²) in [6.45, 7) is 1.40. The fourth-order valence-corrected chi connectivity index (χ4v) is 7.31. The maximum atomic E-state index is 13.5. The van der Waals surface area contributed by atoms with Crippen LogP contribution in [0.15, 0.2) is 40.6 Å². The number of piperidine rings is 1. The Morgan fingerprint density at radius 3 is 2.42 bits per heavy atom. The highest BCUT2D eigenvalue weighted by Gasteiger charge is 2.40. The van der Waals surface area contributed by atoms with Gasteiger partial charge >= 0.3 is 0 Å². The third-order valence-corrected chi connectivity index (χ3v) is 9.80. The first kappa shape index (κ1) is 21.1. The van der Waals surface area contributed by atoms with Crippen molar-refractivity contribution in [1.82, 2.24) is 9.21 Å². The van der Waals surface area contributed by atoms with E-state index in [0.29, 0.717) is 25.9 Å². The van der Waals surface area contributed by atoms with Gasteiger partial charge in [-0.05, 0) is 72.9 Å². The van der Waals surface area contributed by atoms with Crippen molar-refractivity contribution in [1.29, 1.82) is 0 Å². The zero-order chi connectivity index (χ0) is 21.6. The van der Waals surface area contributed by atoms with Gasteiger partial charge in [-0.3, -0.25) is 4.79 Å². The average Bonchev–Trinajstić information content (AvgIpc) is 3.46. The van der Waals surface area contributed by atoms with Crippen LogP contribution >= 0.6 is 11.3 Å². The first-order chi connectivity index (χ1) is 14.9. The van der Waals surface area contributed by atoms with Gasteiger partial charge in [0.1, 0.15) is 5.82 Å². The summed E-state index contributed by atoms with van der Waals surface area (Å²) in [7, 11) is -3.66. The number of rotatable bonds is 5. The normalized spacial score (nSPS) is 23.0. The van der Waals surface area contributed by atoms with Gasteiger partial charge in [0.15, 0.2) is 0 Å². The standard InChI is InChI=1S/C23H27FN2O3S2/c24-18-3-5-19(6-4-18)31(28,29)25-11-7-17(8-12-25)23(27)26-13-9-22-20(10-14-30-22)21(26)15-16-1-2-16/h3-6,10,14,16-17,21H,1-2,7-9,11-13,15H2. The minimum absolute atomic E-state index is 0.101. The summed E-state index contributed by atoms with van der Waals surface area (Å²) in [6, 6.07) is 7.30. The lowest BCUT2D eigenvalue weighted by molar-refractivity contribution is -0.140. The molecular formula is C23H27FN2O3S2. The molecule has 2 fully saturated rings. The van der Waals surface area contributed by atoms with Gasteiger partial charge in [0.25, 0.3) is 0 Å². The Bertz CT molecular complexity index is 1050. The van der Waals surface area contributed by atoms with Gasteiger partial charge in [-0.25, -0.2) is 12.8 Å². The maximum absolute atomic E-state index is 13.5. The number of hydrogen-bond donors (Lipinski definition) is 0. The van der Waals surface area contributed by atoms with Crippen molar-refractivity contribution in [2.24, 2.45) is 11.8 Å². The summed E-state index contributed by atoms with van der Waals surface area (Å²) < 4.78 is 40.3. The quantitative estimate of drug-likeness (QED) is 0.669. The fraction of sp³-hybridized carbons (Fsp3) is 0.522. The highest BCUT2D eigenvalue weighted by atomic mass is 32.2. The van der Waals surface area contributed by atoms with E-state index in [1.165, 1.54) is 39.7 Å². The topological polar surface area (TPSA) is 57.7 Å². The Balaban J connectivity index is 1.27. The molecule has 2 aliphatic heterocycles. The third kappa shape index (κ3) is 4.17. The van der Waals surface area contributed by atoms with Gasteiger partial charge in [0, 0.05) is 30.4 Å². The highest BCUT2D eigenvalue weighted by molar-refractivity contribution is 7.89. The van der Waals surface area contributed by atoms with Crippen LogP contribution in [-0.2, 0) is 21.2 Å². The van der Waals surface area contributed by atoms with Crippen LogP contribution in [0.25, 0.3) is 0 Å². The molecule has 5 rings (SSSR count). The van der Waals surface area contributed by atoms with E-state index >= 15 is 0 Å². The smallest absolute Gasteiger partial charge is 0.243 e. The van der Waals surface area contributed by atoms with E-state index in [9.17, 15) is 17.6 Å². The number of sulfonamides is 1. The number of halogens is 1. The molecule has 1 amide bonds. The average molecular weight is 463 g/mol. The fourth-order valence-electron chi connectivity index (χ4n) is 4.92. The van der Waals surface area contributed by atoms with Crippen molar-refractivity contribution in [2.45, 2.75) is 49.5 Å². The van der Waals surface area contributed by atoms with Crippen LogP contribution in [-0.4, -0.2) is 43.2 Å². The van der Waals surface area contributed by atoms with Crippen LogP contribution in [0.4, 0.5) is 4.39 Å². The van der Waals surface area contributed by atoms with E-state index in [4.69, 9.17) is 0 Å². The van der Waals surface area contributed by atoms with Gasteiger partial charge in [-0.15, -0.1) is 11.3 Å². The Morgan fingerprint density at radius 1 is 1.03 bits per heavy atom. The molecule has 1 unspecified atom stereocenters. The summed E-state index contributed by atoms with van der Waals surface area (Å²) in [6.07, 6.45) is 5.55. The number of nitrogens with zero attached hydrogens (tertiary/aromatic N) is 2. The van der Waals surface area contributed by atoms with Crippen LogP contribution in [0.1, 0.15) is 48.6 Å². The molecule has 2 aromatic rings. The molecule has 0 radical (unpaired) electrons. The molecule has 5 nitrogen and oxygen atoms in total. The number of carbonyl (C=O) groups excluding carboxylic acids is 1. The molecule has 0 spiro atoms. The second-order valence-corrected chi connectivity index (χ2v) is 11.8. The van der Waals surface area contributed by atoms with Crippen molar-refractivity contribution >= 4 is 27.3 Å². The Kier molecular flexibility index (Phi) is 5.65. The number of fused-ring (bicyclic) bond motifs is 1. The lowest BCUT2D eigenvalue weighted by atomic mass is 9.90. The third-order valence-electron chi connectivity index (χ3n) is 6.89. The SMILES string of the molecule is O=C(C1CCN(S(=O)(=O)c2ccc(F)cc2)CC1)N1CCc2sccc2C1CC1CC1. The van der Waals surface area contributed by atoms with Crippen molar-refractivity contribution in [3.05, 3.63) is 52.0 Å². The minimum Gasteiger partial charge on any atom is -0.335 e. The van der Waals surface area contributed by atoms with E-state index in [0.717, 1.165) is 37.4 Å². The van der Waals surface area contributed by atoms with Crippen molar-refractivity contribution in [3.63, 3.8) is 0 Å². The summed E-state index contributed by atoms with van der Waals surface area (Å²) >= 11 is 1.79. The Hall–Kier alpha value is -1.77. The predicted octanol–water partition coefficient (Wildman–Crippen LogP) is 4.21. The number of carbonyl (C=O) groups is 1. The molecule has 3 aliphatic rings. The molecule has 3 heterocycles. The molecule has 8 heteroatoms. The highest BCUT2D eigenvalue weighted by Crippen LogP contribution is 2.44. The number of amides is 1. The molecule has 0 bridgehead atoms. The van der Waals surface area contributed by atoms with Gasteiger partial charge < -0.3 is 4.90 Å². The predicted molar refractivity (Wildman–Crippen MR) is 118 cm³/mol. The largest absolute Gasteiger partial charge is 0.335 e. The van der Waals surface area contributed by atoms with E-state index in [1.807, 2.05) is 0 Å². The molecule has 1 atom stereocenters. The van der Waals surface area contributed by atoms with Gasteiger partial charge in [0.05, 0.1) is 10.9 Å². The molecule has 31 heavy (non-hydrogen) atoms. The summed E-state index contributed by atoms with van der Waals surface area (Å²) in [5.41, 5.74) is 1.33. The van der Waals surface area contributed by atoms with E-state index in [-0.39, 0.29) is 22.8 Å². The lowest BCUT2D eigenvalue weighted by Gasteiger charge is -2.40. The second-order valence-electron chi connectivity index (χ2n) is 8.91. The Morgan fingerprint density at radius 2 is 1.74 bits per heavy atom.